The summed E-state index contributed by atoms with van der Waals surface area (Å²) in [6, 6.07) is 0. The highest BCUT2D eigenvalue weighted by Gasteiger charge is 2.62. The third kappa shape index (κ3) is 3.32. The Balaban J connectivity index is 2.13. The minimum absolute atomic E-state index is 0.117. The predicted octanol–water partition coefficient (Wildman–Crippen LogP) is 4.29. The highest BCUT2D eigenvalue weighted by Crippen LogP contribution is 2.61. The maximum atomic E-state index is 12.7. The molecule has 0 N–H and O–H groups in total. The average molecular weight is 294 g/mol. The van der Waals surface area contributed by atoms with Crippen LogP contribution in [0.25, 0.3) is 0 Å². The van der Waals surface area contributed by atoms with Crippen molar-refractivity contribution < 1.29 is 14.3 Å². The number of rotatable bonds is 5. The van der Waals surface area contributed by atoms with Crippen LogP contribution in [0, 0.1) is 16.7 Å². The van der Waals surface area contributed by atoms with Gasteiger partial charge in [0.25, 0.3) is 0 Å². The maximum Gasteiger partial charge on any atom is 0.319 e. The second kappa shape index (κ2) is 6.50. The molecule has 0 aromatic rings. The van der Waals surface area contributed by atoms with Crippen LogP contribution in [0.2, 0.25) is 0 Å². The van der Waals surface area contributed by atoms with E-state index in [9.17, 15) is 9.59 Å². The van der Waals surface area contributed by atoms with Gasteiger partial charge in [0.2, 0.25) is 0 Å². The Morgan fingerprint density at radius 2 is 1.62 bits per heavy atom. The van der Waals surface area contributed by atoms with Crippen molar-refractivity contribution in [3.63, 3.8) is 0 Å². The van der Waals surface area contributed by atoms with Crippen LogP contribution in [0.3, 0.4) is 0 Å². The molecule has 2 saturated carbocycles. The molecule has 0 radical (unpaired) electrons. The number of carbonyl (C=O) groups excluding carboxylic acids is 2. The van der Waals surface area contributed by atoms with E-state index in [0.29, 0.717) is 18.9 Å². The van der Waals surface area contributed by atoms with E-state index < -0.39 is 5.41 Å². The van der Waals surface area contributed by atoms with Crippen molar-refractivity contribution in [3.8, 4) is 0 Å². The summed E-state index contributed by atoms with van der Waals surface area (Å²) in [5.41, 5.74) is -0.569. The SMILES string of the molecule is CCOC(=O)C1(C(=O)CC(C)C)CC2(CCCCCC2)C1. The summed E-state index contributed by atoms with van der Waals surface area (Å²) in [5.74, 6) is 0.158. The second-order valence-corrected chi connectivity index (χ2v) is 7.59. The number of hydrogen-bond acceptors (Lipinski definition) is 3. The number of ketones is 1. The molecule has 0 amide bonds. The van der Waals surface area contributed by atoms with Gasteiger partial charge in [0.1, 0.15) is 11.2 Å². The van der Waals surface area contributed by atoms with E-state index in [4.69, 9.17) is 4.74 Å². The fourth-order valence-electron chi connectivity index (χ4n) is 4.35. The first-order valence-corrected chi connectivity index (χ1v) is 8.65. The topological polar surface area (TPSA) is 43.4 Å². The Labute approximate surface area is 128 Å². The summed E-state index contributed by atoms with van der Waals surface area (Å²) >= 11 is 0. The molecule has 2 fully saturated rings. The van der Waals surface area contributed by atoms with Crippen LogP contribution in [0.1, 0.15) is 78.6 Å². The molecule has 120 valence electrons. The smallest absolute Gasteiger partial charge is 0.319 e. The van der Waals surface area contributed by atoms with Gasteiger partial charge in [0.15, 0.2) is 0 Å². The quantitative estimate of drug-likeness (QED) is 0.561. The number of hydrogen-bond donors (Lipinski definition) is 0. The Morgan fingerprint density at radius 3 is 2.10 bits per heavy atom. The van der Waals surface area contributed by atoms with Crippen molar-refractivity contribution in [2.24, 2.45) is 16.7 Å². The van der Waals surface area contributed by atoms with Crippen molar-refractivity contribution in [2.45, 2.75) is 78.6 Å². The molecule has 0 saturated heterocycles. The zero-order valence-electron chi connectivity index (χ0n) is 13.9. The van der Waals surface area contributed by atoms with Crippen LogP contribution in [0.15, 0.2) is 0 Å². The van der Waals surface area contributed by atoms with Crippen LogP contribution in [-0.4, -0.2) is 18.4 Å². The second-order valence-electron chi connectivity index (χ2n) is 7.59. The summed E-state index contributed by atoms with van der Waals surface area (Å²) in [6.45, 7) is 6.26. The third-order valence-electron chi connectivity index (χ3n) is 5.31. The first kappa shape index (κ1) is 16.5. The molecule has 0 atom stereocenters. The summed E-state index contributed by atoms with van der Waals surface area (Å²) in [5, 5.41) is 0. The van der Waals surface area contributed by atoms with Gasteiger partial charge in [0.05, 0.1) is 6.61 Å². The lowest BCUT2D eigenvalue weighted by Crippen LogP contribution is -2.56. The summed E-state index contributed by atoms with van der Waals surface area (Å²) in [7, 11) is 0. The van der Waals surface area contributed by atoms with Crippen molar-refractivity contribution >= 4 is 11.8 Å². The molecule has 0 aliphatic heterocycles. The highest BCUT2D eigenvalue weighted by atomic mass is 16.5. The molecule has 21 heavy (non-hydrogen) atoms. The van der Waals surface area contributed by atoms with E-state index in [1.165, 1.54) is 38.5 Å². The molecule has 0 aromatic heterocycles. The predicted molar refractivity (Wildman–Crippen MR) is 82.9 cm³/mol. The summed E-state index contributed by atoms with van der Waals surface area (Å²) in [4.78, 5) is 25.1. The van der Waals surface area contributed by atoms with Gasteiger partial charge in [-0.3, -0.25) is 9.59 Å². The van der Waals surface area contributed by atoms with E-state index in [1.54, 1.807) is 0 Å². The van der Waals surface area contributed by atoms with Gasteiger partial charge < -0.3 is 4.74 Å². The number of ether oxygens (including phenoxy) is 1. The van der Waals surface area contributed by atoms with Gasteiger partial charge in [-0.15, -0.1) is 0 Å². The van der Waals surface area contributed by atoms with E-state index in [2.05, 4.69) is 0 Å². The zero-order valence-corrected chi connectivity index (χ0v) is 13.9. The lowest BCUT2D eigenvalue weighted by molar-refractivity contribution is -0.179. The molecule has 3 heteroatoms. The van der Waals surface area contributed by atoms with Crippen molar-refractivity contribution in [2.75, 3.05) is 6.61 Å². The molecule has 3 nitrogen and oxygen atoms in total. The molecule has 0 heterocycles. The lowest BCUT2D eigenvalue weighted by Gasteiger charge is -2.54. The van der Waals surface area contributed by atoms with E-state index >= 15 is 0 Å². The van der Waals surface area contributed by atoms with Gasteiger partial charge in [-0.2, -0.15) is 0 Å². The van der Waals surface area contributed by atoms with Gasteiger partial charge >= 0.3 is 5.97 Å². The summed E-state index contributed by atoms with van der Waals surface area (Å²) in [6.07, 6.45) is 9.44. The molecule has 0 aromatic carbocycles. The minimum atomic E-state index is -0.815. The van der Waals surface area contributed by atoms with E-state index in [-0.39, 0.29) is 17.2 Å². The molecule has 2 rings (SSSR count). The van der Waals surface area contributed by atoms with Crippen LogP contribution in [0.4, 0.5) is 0 Å². The molecule has 0 unspecified atom stereocenters. The molecular weight excluding hydrogens is 264 g/mol. The van der Waals surface area contributed by atoms with Crippen molar-refractivity contribution in [3.05, 3.63) is 0 Å². The fraction of sp³-hybridized carbons (Fsp3) is 0.889. The van der Waals surface area contributed by atoms with Crippen LogP contribution < -0.4 is 0 Å². The van der Waals surface area contributed by atoms with Crippen LogP contribution in [-0.2, 0) is 14.3 Å². The third-order valence-corrected chi connectivity index (χ3v) is 5.31. The molecule has 2 aliphatic carbocycles. The van der Waals surface area contributed by atoms with Crippen molar-refractivity contribution in [1.29, 1.82) is 0 Å². The largest absolute Gasteiger partial charge is 0.465 e. The standard InChI is InChI=1S/C18H30O3/c1-4-21-16(20)18(15(19)11-14(2)3)12-17(13-18)9-7-5-6-8-10-17/h14H,4-13H2,1-3H3. The van der Waals surface area contributed by atoms with Gasteiger partial charge in [-0.25, -0.2) is 0 Å². The van der Waals surface area contributed by atoms with Crippen LogP contribution >= 0.6 is 0 Å². The number of Topliss-reactive ketones (excluding diaryl/α,β-unsaturated/α-hetero) is 1. The Hall–Kier alpha value is -0.860. The first-order chi connectivity index (χ1) is 9.94. The lowest BCUT2D eigenvalue weighted by atomic mass is 9.48. The van der Waals surface area contributed by atoms with E-state index in [0.717, 1.165) is 12.8 Å². The molecular formula is C18H30O3. The maximum absolute atomic E-state index is 12.7. The fourth-order valence-corrected chi connectivity index (χ4v) is 4.35. The number of carbonyl (C=O) groups is 2. The Kier molecular flexibility index (Phi) is 5.11. The van der Waals surface area contributed by atoms with E-state index in [1.807, 2.05) is 20.8 Å². The van der Waals surface area contributed by atoms with Gasteiger partial charge in [-0.05, 0) is 43.9 Å². The van der Waals surface area contributed by atoms with Gasteiger partial charge in [0, 0.05) is 6.42 Å². The zero-order chi connectivity index (χ0) is 15.5. The molecule has 2 aliphatic rings. The average Bonchev–Trinajstić information content (AvgIpc) is 2.61. The van der Waals surface area contributed by atoms with Gasteiger partial charge in [-0.1, -0.05) is 39.5 Å². The highest BCUT2D eigenvalue weighted by molar-refractivity contribution is 6.05. The summed E-state index contributed by atoms with van der Waals surface area (Å²) < 4.78 is 5.26. The molecule has 0 bridgehead atoms. The van der Waals surface area contributed by atoms with Crippen LogP contribution in [0.5, 0.6) is 0 Å². The molecule has 1 spiro atoms. The first-order valence-electron chi connectivity index (χ1n) is 8.65. The number of esters is 1. The van der Waals surface area contributed by atoms with Crippen molar-refractivity contribution in [1.82, 2.24) is 0 Å². The Bertz CT molecular complexity index is 381. The minimum Gasteiger partial charge on any atom is -0.465 e. The monoisotopic (exact) mass is 294 g/mol. The Morgan fingerprint density at radius 1 is 1.05 bits per heavy atom. The normalized spacial score (nSPS) is 23.4.